The lowest BCUT2D eigenvalue weighted by atomic mass is 10.1. The number of rotatable bonds is 2. The number of carbonyl (C=O) groups excluding carboxylic acids is 1. The Morgan fingerprint density at radius 1 is 1.39 bits per heavy atom. The molecule has 2 rings (SSSR count). The van der Waals surface area contributed by atoms with Gasteiger partial charge in [-0.05, 0) is 18.6 Å². The van der Waals surface area contributed by atoms with Gasteiger partial charge in [0.25, 0.3) is 11.6 Å². The summed E-state index contributed by atoms with van der Waals surface area (Å²) < 4.78 is 0. The van der Waals surface area contributed by atoms with Crippen molar-refractivity contribution in [3.8, 4) is 0 Å². The molecule has 1 saturated heterocycles. The van der Waals surface area contributed by atoms with Gasteiger partial charge in [0.2, 0.25) is 0 Å². The summed E-state index contributed by atoms with van der Waals surface area (Å²) in [7, 11) is 0. The van der Waals surface area contributed by atoms with Gasteiger partial charge in [-0.15, -0.1) is 0 Å². The molecular weight excluding hydrogens is 234 g/mol. The highest BCUT2D eigenvalue weighted by Gasteiger charge is 2.25. The summed E-state index contributed by atoms with van der Waals surface area (Å²) in [6.45, 7) is 4.45. The highest BCUT2D eigenvalue weighted by atomic mass is 16.6. The van der Waals surface area contributed by atoms with Gasteiger partial charge in [0.05, 0.1) is 4.92 Å². The fourth-order valence-electron chi connectivity index (χ4n) is 2.02. The number of nitro groups is 1. The highest BCUT2D eigenvalue weighted by Crippen LogP contribution is 2.21. The van der Waals surface area contributed by atoms with Crippen LogP contribution in [0.4, 0.5) is 5.69 Å². The van der Waals surface area contributed by atoms with Crippen LogP contribution in [0.5, 0.6) is 0 Å². The van der Waals surface area contributed by atoms with Crippen molar-refractivity contribution in [3.63, 3.8) is 0 Å². The standard InChI is InChI=1S/C12H15N3O3/c1-9-2-3-11(15(17)18)10(8-9)12(16)14-6-4-13-5-7-14/h2-3,8,13H,4-7H2,1H3. The third kappa shape index (κ3) is 2.48. The molecule has 0 spiro atoms. The normalized spacial score (nSPS) is 15.5. The summed E-state index contributed by atoms with van der Waals surface area (Å²) in [6.07, 6.45) is 0. The van der Waals surface area contributed by atoms with E-state index in [1.165, 1.54) is 6.07 Å². The topological polar surface area (TPSA) is 75.5 Å². The van der Waals surface area contributed by atoms with E-state index in [-0.39, 0.29) is 17.2 Å². The molecule has 0 unspecified atom stereocenters. The van der Waals surface area contributed by atoms with Crippen molar-refractivity contribution in [1.29, 1.82) is 0 Å². The average molecular weight is 249 g/mol. The summed E-state index contributed by atoms with van der Waals surface area (Å²) in [5.41, 5.74) is 0.908. The number of nitrogens with one attached hydrogen (secondary N) is 1. The number of hydrogen-bond donors (Lipinski definition) is 1. The molecule has 1 aliphatic rings. The van der Waals surface area contributed by atoms with Crippen LogP contribution >= 0.6 is 0 Å². The Balaban J connectivity index is 2.33. The minimum atomic E-state index is -0.505. The number of aryl methyl sites for hydroxylation is 1. The van der Waals surface area contributed by atoms with Gasteiger partial charge >= 0.3 is 0 Å². The third-order valence-electron chi connectivity index (χ3n) is 2.98. The maximum Gasteiger partial charge on any atom is 0.282 e. The fraction of sp³-hybridized carbons (Fsp3) is 0.417. The number of benzene rings is 1. The minimum Gasteiger partial charge on any atom is -0.336 e. The molecule has 1 aliphatic heterocycles. The molecule has 96 valence electrons. The maximum absolute atomic E-state index is 12.3. The molecule has 1 fully saturated rings. The summed E-state index contributed by atoms with van der Waals surface area (Å²) >= 11 is 0. The number of amides is 1. The van der Waals surface area contributed by atoms with E-state index in [4.69, 9.17) is 0 Å². The molecule has 0 bridgehead atoms. The predicted octanol–water partition coefficient (Wildman–Crippen LogP) is 0.949. The lowest BCUT2D eigenvalue weighted by Crippen LogP contribution is -2.46. The van der Waals surface area contributed by atoms with Crippen molar-refractivity contribution in [3.05, 3.63) is 39.4 Å². The van der Waals surface area contributed by atoms with E-state index >= 15 is 0 Å². The van der Waals surface area contributed by atoms with Crippen LogP contribution in [0.15, 0.2) is 18.2 Å². The van der Waals surface area contributed by atoms with Crippen LogP contribution in [0.3, 0.4) is 0 Å². The van der Waals surface area contributed by atoms with Gasteiger partial charge in [0, 0.05) is 32.2 Å². The second kappa shape index (κ2) is 5.14. The van der Waals surface area contributed by atoms with Gasteiger partial charge in [0.1, 0.15) is 5.56 Å². The van der Waals surface area contributed by atoms with Crippen molar-refractivity contribution < 1.29 is 9.72 Å². The Bertz CT molecular complexity index is 481. The monoisotopic (exact) mass is 249 g/mol. The van der Waals surface area contributed by atoms with Gasteiger partial charge in [0.15, 0.2) is 0 Å². The van der Waals surface area contributed by atoms with Crippen molar-refractivity contribution in [2.45, 2.75) is 6.92 Å². The van der Waals surface area contributed by atoms with Gasteiger partial charge in [-0.3, -0.25) is 14.9 Å². The molecule has 1 amide bonds. The van der Waals surface area contributed by atoms with Gasteiger partial charge in [-0.2, -0.15) is 0 Å². The fourth-order valence-corrected chi connectivity index (χ4v) is 2.02. The second-order valence-corrected chi connectivity index (χ2v) is 4.32. The van der Waals surface area contributed by atoms with E-state index in [0.717, 1.165) is 18.7 Å². The smallest absolute Gasteiger partial charge is 0.282 e. The highest BCUT2D eigenvalue weighted by molar-refractivity contribution is 5.98. The molecule has 1 N–H and O–H groups in total. The van der Waals surface area contributed by atoms with E-state index in [0.29, 0.717) is 13.1 Å². The molecule has 0 radical (unpaired) electrons. The van der Waals surface area contributed by atoms with Crippen LogP contribution in [0.25, 0.3) is 0 Å². The summed E-state index contributed by atoms with van der Waals surface area (Å²) in [6, 6.07) is 4.62. The van der Waals surface area contributed by atoms with Gasteiger partial charge < -0.3 is 10.2 Å². The molecule has 6 nitrogen and oxygen atoms in total. The van der Waals surface area contributed by atoms with Crippen LogP contribution in [-0.2, 0) is 0 Å². The first-order valence-electron chi connectivity index (χ1n) is 5.84. The quantitative estimate of drug-likeness (QED) is 0.625. The zero-order chi connectivity index (χ0) is 13.1. The molecule has 0 saturated carbocycles. The van der Waals surface area contributed by atoms with E-state index in [2.05, 4.69) is 5.32 Å². The first-order chi connectivity index (χ1) is 8.59. The molecular formula is C12H15N3O3. The number of nitrogens with zero attached hydrogens (tertiary/aromatic N) is 2. The molecule has 0 aromatic heterocycles. The summed E-state index contributed by atoms with van der Waals surface area (Å²) in [5.74, 6) is -0.257. The Labute approximate surface area is 105 Å². The van der Waals surface area contributed by atoms with Gasteiger partial charge in [-0.1, -0.05) is 6.07 Å². The van der Waals surface area contributed by atoms with Crippen LogP contribution in [0, 0.1) is 17.0 Å². The molecule has 1 heterocycles. The van der Waals surface area contributed by atoms with E-state index in [1.54, 1.807) is 17.0 Å². The number of carbonyl (C=O) groups is 1. The van der Waals surface area contributed by atoms with Crippen molar-refractivity contribution in [1.82, 2.24) is 10.2 Å². The predicted molar refractivity (Wildman–Crippen MR) is 66.6 cm³/mol. The third-order valence-corrected chi connectivity index (χ3v) is 2.98. The Kier molecular flexibility index (Phi) is 3.57. The van der Waals surface area contributed by atoms with Crippen molar-refractivity contribution in [2.24, 2.45) is 0 Å². The SMILES string of the molecule is Cc1ccc([N+](=O)[O-])c(C(=O)N2CCNCC2)c1. The molecule has 0 atom stereocenters. The van der Waals surface area contributed by atoms with E-state index < -0.39 is 4.92 Å². The van der Waals surface area contributed by atoms with Crippen LogP contribution in [0.1, 0.15) is 15.9 Å². The molecule has 0 aliphatic carbocycles. The van der Waals surface area contributed by atoms with E-state index in [9.17, 15) is 14.9 Å². The van der Waals surface area contributed by atoms with Crippen LogP contribution < -0.4 is 5.32 Å². The number of nitro benzene ring substituents is 1. The first-order valence-corrected chi connectivity index (χ1v) is 5.84. The minimum absolute atomic E-state index is 0.121. The summed E-state index contributed by atoms with van der Waals surface area (Å²) in [4.78, 5) is 24.4. The van der Waals surface area contributed by atoms with Gasteiger partial charge in [-0.25, -0.2) is 0 Å². The average Bonchev–Trinajstić information content (AvgIpc) is 2.38. The lowest BCUT2D eigenvalue weighted by molar-refractivity contribution is -0.385. The van der Waals surface area contributed by atoms with Crippen molar-refractivity contribution >= 4 is 11.6 Å². The maximum atomic E-state index is 12.3. The molecule has 6 heteroatoms. The number of piperazine rings is 1. The second-order valence-electron chi connectivity index (χ2n) is 4.32. The zero-order valence-electron chi connectivity index (χ0n) is 10.2. The Morgan fingerprint density at radius 3 is 2.67 bits per heavy atom. The first kappa shape index (κ1) is 12.5. The lowest BCUT2D eigenvalue weighted by Gasteiger charge is -2.27. The van der Waals surface area contributed by atoms with Crippen LogP contribution in [0.2, 0.25) is 0 Å². The largest absolute Gasteiger partial charge is 0.336 e. The Morgan fingerprint density at radius 2 is 2.06 bits per heavy atom. The molecule has 1 aromatic carbocycles. The number of hydrogen-bond acceptors (Lipinski definition) is 4. The van der Waals surface area contributed by atoms with Crippen LogP contribution in [-0.4, -0.2) is 41.9 Å². The molecule has 18 heavy (non-hydrogen) atoms. The molecule has 1 aromatic rings. The van der Waals surface area contributed by atoms with Crippen molar-refractivity contribution in [2.75, 3.05) is 26.2 Å². The summed E-state index contributed by atoms with van der Waals surface area (Å²) in [5, 5.41) is 14.1. The Hall–Kier alpha value is -1.95. The zero-order valence-corrected chi connectivity index (χ0v) is 10.2. The van der Waals surface area contributed by atoms with E-state index in [1.807, 2.05) is 6.92 Å².